The minimum atomic E-state index is -2.15. The van der Waals surface area contributed by atoms with Crippen molar-refractivity contribution >= 4 is 23.7 Å². The fraction of sp³-hybridized carbons (Fsp3) is 0.857. The molecule has 0 radical (unpaired) electrons. The Labute approximate surface area is 289 Å². The van der Waals surface area contributed by atoms with Gasteiger partial charge >= 0.3 is 5.97 Å². The van der Waals surface area contributed by atoms with Crippen LogP contribution in [0, 0.1) is 0 Å². The van der Waals surface area contributed by atoms with Crippen LogP contribution in [0.25, 0.3) is 0 Å². The second kappa shape index (κ2) is 18.9. The molecule has 0 saturated carbocycles. The Bertz CT molecular complexity index is 1180. The molecule has 3 amide bonds. The molecule has 294 valence electrons. The molecular weight excluding hydrogens is 698 g/mol. The molecule has 13 N–H and O–H groups in total. The number of rotatable bonds is 15. The van der Waals surface area contributed by atoms with Crippen molar-refractivity contribution in [1.29, 1.82) is 0 Å². The monoisotopic (exact) mass is 745 g/mol. The minimum absolute atomic E-state index is 0.697. The van der Waals surface area contributed by atoms with Gasteiger partial charge in [0.25, 0.3) is 0 Å². The van der Waals surface area contributed by atoms with Crippen molar-refractivity contribution in [3.05, 3.63) is 0 Å². The normalized spacial score (nSPS) is 39.7. The Hall–Kier alpha value is -2.72. The molecule has 0 aromatic heterocycles. The summed E-state index contributed by atoms with van der Waals surface area (Å²) in [6.45, 7) is -0.418. The van der Waals surface area contributed by atoms with Crippen LogP contribution in [0.2, 0.25) is 0 Å². The first-order chi connectivity index (χ1) is 24.0. The van der Waals surface area contributed by atoms with Crippen LogP contribution in [0.3, 0.4) is 0 Å². The van der Waals surface area contributed by atoms with E-state index in [-0.39, 0.29) is 0 Å². The van der Waals surface area contributed by atoms with Gasteiger partial charge in [-0.25, -0.2) is 4.79 Å². The van der Waals surface area contributed by atoms with E-state index < -0.39 is 154 Å². The third-order valence-corrected chi connectivity index (χ3v) is 8.35. The van der Waals surface area contributed by atoms with Crippen LogP contribution in [-0.4, -0.2) is 205 Å². The highest BCUT2D eigenvalue weighted by Gasteiger charge is 2.56. The van der Waals surface area contributed by atoms with Crippen molar-refractivity contribution in [3.8, 4) is 0 Å². The molecule has 0 unspecified atom stereocenters. The minimum Gasteiger partial charge on any atom is -0.479 e. The molecule has 3 aliphatic heterocycles. The maximum absolute atomic E-state index is 12.4. The smallest absolute Gasteiger partial charge is 0.335 e. The number of nitrogens with one attached hydrogen (secondary N) is 3. The largest absolute Gasteiger partial charge is 0.479 e. The molecule has 0 spiro atoms. The SMILES string of the molecule is CC(=O)N[C@@H]1[C@H](O[C@@H](CO)[C@H](O)CO)O[C@H](C(=O)O)[C@@H](O[C@H]2O[C@H](CO)[C@@H](O[C@H]3O[C@H](CO)[C@@H](O)[C@H](O)[C@@H]3NC(C)=O)[C@H](O)[C@H]2NC(C)=O)[C@@H]1O. The summed E-state index contributed by atoms with van der Waals surface area (Å²) in [6, 6.07) is -4.83. The van der Waals surface area contributed by atoms with Gasteiger partial charge in [-0.1, -0.05) is 0 Å². The van der Waals surface area contributed by atoms with E-state index in [1.54, 1.807) is 0 Å². The second-order valence-electron chi connectivity index (χ2n) is 12.2. The number of aliphatic hydroxyl groups is 9. The molecule has 23 heteroatoms. The van der Waals surface area contributed by atoms with E-state index in [4.69, 9.17) is 28.4 Å². The standard InChI is InChI=1S/C28H47N3O20/c1-8(36)29-15-19(41)18(40)13(6-34)47-26(15)49-22-14(7-35)48-28(16(20(22)42)30-9(2)37)50-23-21(43)17(31-10(3)38)27(51-24(23)25(44)45)46-12(5-33)11(39)4-32/h11-24,26-28,32-35,39-43H,4-7H2,1-3H3,(H,29,36)(H,30,37)(H,31,38)(H,44,45)/t11-,12+,13-,14-,15+,16-,17+,18-,19-,20-,21-,22-,23+,24+,26-,27-,28-/m1/s1. The topological polar surface area (TPSA) is 362 Å². The van der Waals surface area contributed by atoms with Crippen molar-refractivity contribution in [3.63, 3.8) is 0 Å². The summed E-state index contributed by atoms with van der Waals surface area (Å²) in [5.74, 6) is -4.03. The summed E-state index contributed by atoms with van der Waals surface area (Å²) in [5.41, 5.74) is 0. The Morgan fingerprint density at radius 1 is 0.627 bits per heavy atom. The first kappa shape index (κ1) is 42.7. The number of hydrogen-bond acceptors (Lipinski definition) is 19. The van der Waals surface area contributed by atoms with Gasteiger partial charge in [0, 0.05) is 20.8 Å². The predicted octanol–water partition coefficient (Wildman–Crippen LogP) is -8.31. The van der Waals surface area contributed by atoms with Gasteiger partial charge < -0.3 is 95.4 Å². The van der Waals surface area contributed by atoms with Crippen molar-refractivity contribution in [2.45, 2.75) is 125 Å². The fourth-order valence-electron chi connectivity index (χ4n) is 5.89. The van der Waals surface area contributed by atoms with E-state index in [2.05, 4.69) is 16.0 Å². The molecule has 23 nitrogen and oxygen atoms in total. The molecule has 51 heavy (non-hydrogen) atoms. The maximum Gasteiger partial charge on any atom is 0.335 e. The number of carboxylic acid groups (broad SMARTS) is 1. The quantitative estimate of drug-likeness (QED) is 0.0740. The van der Waals surface area contributed by atoms with Gasteiger partial charge in [-0.05, 0) is 0 Å². The average molecular weight is 746 g/mol. The first-order valence-electron chi connectivity index (χ1n) is 15.8. The van der Waals surface area contributed by atoms with E-state index in [9.17, 15) is 70.2 Å². The lowest BCUT2D eigenvalue weighted by atomic mass is 9.93. The Balaban J connectivity index is 1.95. The molecule has 3 saturated heterocycles. The zero-order valence-electron chi connectivity index (χ0n) is 27.7. The third kappa shape index (κ3) is 10.2. The second-order valence-corrected chi connectivity index (χ2v) is 12.2. The Morgan fingerprint density at radius 2 is 1.08 bits per heavy atom. The highest BCUT2D eigenvalue weighted by atomic mass is 16.8. The summed E-state index contributed by atoms with van der Waals surface area (Å²) in [7, 11) is 0. The lowest BCUT2D eigenvalue weighted by Crippen LogP contribution is -2.71. The fourth-order valence-corrected chi connectivity index (χ4v) is 5.89. The van der Waals surface area contributed by atoms with E-state index >= 15 is 0 Å². The van der Waals surface area contributed by atoms with Crippen LogP contribution in [0.15, 0.2) is 0 Å². The number of amides is 3. The molecule has 3 heterocycles. The van der Waals surface area contributed by atoms with Gasteiger partial charge in [-0.3, -0.25) is 14.4 Å². The summed E-state index contributed by atoms with van der Waals surface area (Å²) in [5, 5.41) is 110. The van der Waals surface area contributed by atoms with Crippen LogP contribution in [0.1, 0.15) is 20.8 Å². The third-order valence-electron chi connectivity index (χ3n) is 8.35. The lowest BCUT2D eigenvalue weighted by molar-refractivity contribution is -0.353. The van der Waals surface area contributed by atoms with Gasteiger partial charge in [0.05, 0.1) is 26.4 Å². The van der Waals surface area contributed by atoms with Crippen LogP contribution < -0.4 is 16.0 Å². The van der Waals surface area contributed by atoms with Gasteiger partial charge in [-0.2, -0.15) is 0 Å². The van der Waals surface area contributed by atoms with Crippen molar-refractivity contribution in [2.24, 2.45) is 0 Å². The summed E-state index contributed by atoms with van der Waals surface area (Å²) in [4.78, 5) is 48.6. The van der Waals surface area contributed by atoms with Crippen LogP contribution in [0.5, 0.6) is 0 Å². The van der Waals surface area contributed by atoms with Crippen LogP contribution in [-0.2, 0) is 47.6 Å². The van der Waals surface area contributed by atoms with Gasteiger partial charge in [-0.15, -0.1) is 0 Å². The molecule has 3 fully saturated rings. The molecular formula is C28H47N3O20. The van der Waals surface area contributed by atoms with Crippen molar-refractivity contribution in [2.75, 3.05) is 26.4 Å². The van der Waals surface area contributed by atoms with E-state index in [1.165, 1.54) is 0 Å². The van der Waals surface area contributed by atoms with E-state index in [1.807, 2.05) is 0 Å². The molecule has 0 aliphatic carbocycles. The molecule has 0 bridgehead atoms. The highest BCUT2D eigenvalue weighted by Crippen LogP contribution is 2.33. The van der Waals surface area contributed by atoms with Crippen molar-refractivity contribution < 1.29 is 98.7 Å². The Kier molecular flexibility index (Phi) is 15.8. The maximum atomic E-state index is 12.4. The Morgan fingerprint density at radius 3 is 1.53 bits per heavy atom. The predicted molar refractivity (Wildman–Crippen MR) is 159 cm³/mol. The van der Waals surface area contributed by atoms with E-state index in [0.29, 0.717) is 0 Å². The number of carboxylic acids is 1. The molecule has 0 aromatic carbocycles. The molecule has 3 aliphatic rings. The van der Waals surface area contributed by atoms with Crippen LogP contribution in [0.4, 0.5) is 0 Å². The number of ether oxygens (including phenoxy) is 6. The molecule has 17 atom stereocenters. The number of hydrogen-bond donors (Lipinski definition) is 13. The van der Waals surface area contributed by atoms with Gasteiger partial charge in [0.15, 0.2) is 25.0 Å². The van der Waals surface area contributed by atoms with Gasteiger partial charge in [0.2, 0.25) is 17.7 Å². The summed E-state index contributed by atoms with van der Waals surface area (Å²) >= 11 is 0. The zero-order chi connectivity index (χ0) is 38.3. The van der Waals surface area contributed by atoms with Crippen LogP contribution >= 0.6 is 0 Å². The number of aliphatic hydroxyl groups excluding tert-OH is 9. The zero-order valence-corrected chi connectivity index (χ0v) is 27.7. The average Bonchev–Trinajstić information content (AvgIpc) is 3.07. The summed E-state index contributed by atoms with van der Waals surface area (Å²) in [6.07, 6.45) is -25.0. The number of aliphatic carboxylic acids is 1. The van der Waals surface area contributed by atoms with Gasteiger partial charge in [0.1, 0.15) is 79.2 Å². The number of carbonyl (C=O) groups excluding carboxylic acids is 3. The first-order valence-corrected chi connectivity index (χ1v) is 15.8. The summed E-state index contributed by atoms with van der Waals surface area (Å²) < 4.78 is 33.9. The van der Waals surface area contributed by atoms with Crippen molar-refractivity contribution in [1.82, 2.24) is 16.0 Å². The van der Waals surface area contributed by atoms with E-state index in [0.717, 1.165) is 20.8 Å². The molecule has 0 aromatic rings. The number of carbonyl (C=O) groups is 4. The highest BCUT2D eigenvalue weighted by molar-refractivity contribution is 5.75. The lowest BCUT2D eigenvalue weighted by Gasteiger charge is -2.50. The molecule has 3 rings (SSSR count).